The Morgan fingerprint density at radius 1 is 1.58 bits per heavy atom. The zero-order chi connectivity index (χ0) is 14.2. The van der Waals surface area contributed by atoms with Gasteiger partial charge in [-0.3, -0.25) is 9.69 Å². The summed E-state index contributed by atoms with van der Waals surface area (Å²) in [5.41, 5.74) is 0.484. The van der Waals surface area contributed by atoms with Crippen LogP contribution < -0.4 is 0 Å². The average molecular weight is 286 g/mol. The largest absolute Gasteiger partial charge is 0.481 e. The number of benzene rings is 1. The maximum atomic E-state index is 13.9. The third kappa shape index (κ3) is 2.90. The summed E-state index contributed by atoms with van der Waals surface area (Å²) in [4.78, 5) is 13.1. The molecule has 1 aromatic carbocycles. The number of carboxylic acid groups (broad SMARTS) is 1. The van der Waals surface area contributed by atoms with Crippen LogP contribution in [0, 0.1) is 18.2 Å². The Morgan fingerprint density at radius 3 is 2.79 bits per heavy atom. The predicted molar refractivity (Wildman–Crippen MR) is 71.8 cm³/mol. The van der Waals surface area contributed by atoms with Crippen LogP contribution in [0.4, 0.5) is 4.39 Å². The molecule has 0 aromatic heterocycles. The van der Waals surface area contributed by atoms with Crippen molar-refractivity contribution in [2.24, 2.45) is 5.41 Å². The summed E-state index contributed by atoms with van der Waals surface area (Å²) in [6, 6.07) is 3.18. The van der Waals surface area contributed by atoms with Crippen molar-refractivity contribution in [2.75, 3.05) is 13.1 Å². The first-order chi connectivity index (χ1) is 8.82. The summed E-state index contributed by atoms with van der Waals surface area (Å²) in [6.07, 6.45) is 0.577. The quantitative estimate of drug-likeness (QED) is 0.928. The zero-order valence-electron chi connectivity index (χ0n) is 11.0. The van der Waals surface area contributed by atoms with Gasteiger partial charge in [-0.25, -0.2) is 4.39 Å². The van der Waals surface area contributed by atoms with Gasteiger partial charge in [-0.15, -0.1) is 0 Å². The molecule has 1 N–H and O–H groups in total. The van der Waals surface area contributed by atoms with E-state index >= 15 is 0 Å². The highest BCUT2D eigenvalue weighted by molar-refractivity contribution is 6.31. The van der Waals surface area contributed by atoms with E-state index in [0.29, 0.717) is 36.6 Å². The first-order valence-electron chi connectivity index (χ1n) is 6.22. The Balaban J connectivity index is 2.14. The molecule has 5 heteroatoms. The fourth-order valence-electron chi connectivity index (χ4n) is 2.47. The number of hydrogen-bond donors (Lipinski definition) is 1. The Morgan fingerprint density at radius 2 is 2.26 bits per heavy atom. The normalized spacial score (nSPS) is 23.8. The topological polar surface area (TPSA) is 40.5 Å². The molecule has 1 aromatic rings. The lowest BCUT2D eigenvalue weighted by molar-refractivity contribution is -0.147. The van der Waals surface area contributed by atoms with Crippen LogP contribution in [0.2, 0.25) is 5.02 Å². The Hall–Kier alpha value is -1.13. The molecule has 3 nitrogen and oxygen atoms in total. The van der Waals surface area contributed by atoms with Crippen LogP contribution in [-0.2, 0) is 11.3 Å². The summed E-state index contributed by atoms with van der Waals surface area (Å²) in [7, 11) is 0. The Kier molecular flexibility index (Phi) is 3.83. The summed E-state index contributed by atoms with van der Waals surface area (Å²) in [5.74, 6) is -1.13. The van der Waals surface area contributed by atoms with Crippen molar-refractivity contribution in [3.63, 3.8) is 0 Å². The molecule has 1 aliphatic heterocycles. The van der Waals surface area contributed by atoms with Crippen molar-refractivity contribution < 1.29 is 14.3 Å². The van der Waals surface area contributed by atoms with Crippen LogP contribution in [0.1, 0.15) is 24.5 Å². The number of aliphatic carboxylic acids is 1. The molecule has 1 fully saturated rings. The van der Waals surface area contributed by atoms with Gasteiger partial charge in [-0.05, 0) is 44.5 Å². The standard InChI is InChI=1S/C14H17ClFNO2/c1-9-5-11(15)10(12(16)6-9)7-17-4-3-14(2,8-17)13(18)19/h5-6H,3-4,7-8H2,1-2H3,(H,18,19). The van der Waals surface area contributed by atoms with Crippen molar-refractivity contribution in [1.29, 1.82) is 0 Å². The monoisotopic (exact) mass is 285 g/mol. The van der Waals surface area contributed by atoms with Gasteiger partial charge < -0.3 is 5.11 Å². The van der Waals surface area contributed by atoms with E-state index < -0.39 is 11.4 Å². The predicted octanol–water partition coefficient (Wildman–Crippen LogP) is 3.08. The second-order valence-electron chi connectivity index (χ2n) is 5.53. The number of rotatable bonds is 3. The summed E-state index contributed by atoms with van der Waals surface area (Å²) >= 11 is 6.06. The van der Waals surface area contributed by atoms with Crippen LogP contribution in [-0.4, -0.2) is 29.1 Å². The molecule has 0 bridgehead atoms. The van der Waals surface area contributed by atoms with Gasteiger partial charge in [0.25, 0.3) is 0 Å². The maximum Gasteiger partial charge on any atom is 0.310 e. The van der Waals surface area contributed by atoms with Crippen LogP contribution in [0.3, 0.4) is 0 Å². The van der Waals surface area contributed by atoms with Crippen molar-refractivity contribution in [2.45, 2.75) is 26.8 Å². The average Bonchev–Trinajstić information content (AvgIpc) is 2.67. The smallest absolute Gasteiger partial charge is 0.310 e. The highest BCUT2D eigenvalue weighted by atomic mass is 35.5. The van der Waals surface area contributed by atoms with Gasteiger partial charge in [0.05, 0.1) is 5.41 Å². The molecule has 0 radical (unpaired) electrons. The summed E-state index contributed by atoms with van der Waals surface area (Å²) in [5, 5.41) is 9.58. The fourth-order valence-corrected chi connectivity index (χ4v) is 2.79. The minimum Gasteiger partial charge on any atom is -0.481 e. The molecule has 104 valence electrons. The third-order valence-electron chi connectivity index (χ3n) is 3.74. The lowest BCUT2D eigenvalue weighted by Crippen LogP contribution is -2.31. The van der Waals surface area contributed by atoms with E-state index in [9.17, 15) is 14.3 Å². The van der Waals surface area contributed by atoms with Gasteiger partial charge in [0.1, 0.15) is 5.82 Å². The van der Waals surface area contributed by atoms with E-state index in [2.05, 4.69) is 0 Å². The molecule has 0 aliphatic carbocycles. The first-order valence-corrected chi connectivity index (χ1v) is 6.60. The van der Waals surface area contributed by atoms with Crippen molar-refractivity contribution >= 4 is 17.6 Å². The number of carboxylic acids is 1. The van der Waals surface area contributed by atoms with Gasteiger partial charge in [0.15, 0.2) is 0 Å². The molecule has 19 heavy (non-hydrogen) atoms. The molecule has 0 saturated carbocycles. The van der Waals surface area contributed by atoms with Gasteiger partial charge >= 0.3 is 5.97 Å². The van der Waals surface area contributed by atoms with Crippen molar-refractivity contribution in [3.8, 4) is 0 Å². The number of aryl methyl sites for hydroxylation is 1. The van der Waals surface area contributed by atoms with Gasteiger partial charge in [0.2, 0.25) is 0 Å². The van der Waals surface area contributed by atoms with Gasteiger partial charge in [-0.1, -0.05) is 11.6 Å². The van der Waals surface area contributed by atoms with E-state index in [1.807, 2.05) is 4.90 Å². The SMILES string of the molecule is Cc1cc(F)c(CN2CCC(C)(C(=O)O)C2)c(Cl)c1. The van der Waals surface area contributed by atoms with E-state index in [0.717, 1.165) is 5.56 Å². The highest BCUT2D eigenvalue weighted by Gasteiger charge is 2.40. The zero-order valence-corrected chi connectivity index (χ0v) is 11.8. The van der Waals surface area contributed by atoms with Crippen molar-refractivity contribution in [3.05, 3.63) is 34.1 Å². The van der Waals surface area contributed by atoms with Crippen LogP contribution in [0.5, 0.6) is 0 Å². The highest BCUT2D eigenvalue weighted by Crippen LogP contribution is 2.32. The second kappa shape index (κ2) is 5.10. The van der Waals surface area contributed by atoms with Gasteiger partial charge in [0, 0.05) is 23.7 Å². The minimum atomic E-state index is -0.800. The van der Waals surface area contributed by atoms with E-state index in [4.69, 9.17) is 11.6 Å². The summed E-state index contributed by atoms with van der Waals surface area (Å²) in [6.45, 7) is 4.94. The Labute approximate surface area is 117 Å². The number of likely N-dealkylation sites (tertiary alicyclic amines) is 1. The number of carbonyl (C=O) groups is 1. The van der Waals surface area contributed by atoms with Crippen LogP contribution in [0.25, 0.3) is 0 Å². The minimum absolute atomic E-state index is 0.325. The number of hydrogen-bond acceptors (Lipinski definition) is 2. The molecular weight excluding hydrogens is 269 g/mol. The molecule has 1 saturated heterocycles. The summed E-state index contributed by atoms with van der Waals surface area (Å²) < 4.78 is 13.9. The number of nitrogens with zero attached hydrogens (tertiary/aromatic N) is 1. The molecule has 1 heterocycles. The molecule has 2 rings (SSSR count). The maximum absolute atomic E-state index is 13.9. The Bertz CT molecular complexity index is 497. The molecule has 1 unspecified atom stereocenters. The fraction of sp³-hybridized carbons (Fsp3) is 0.500. The lowest BCUT2D eigenvalue weighted by atomic mass is 9.90. The lowest BCUT2D eigenvalue weighted by Gasteiger charge is -2.20. The number of halogens is 2. The second-order valence-corrected chi connectivity index (χ2v) is 5.94. The van der Waals surface area contributed by atoms with Gasteiger partial charge in [-0.2, -0.15) is 0 Å². The van der Waals surface area contributed by atoms with E-state index in [-0.39, 0.29) is 5.82 Å². The molecule has 0 spiro atoms. The van der Waals surface area contributed by atoms with E-state index in [1.54, 1.807) is 19.9 Å². The molecule has 1 atom stereocenters. The first kappa shape index (κ1) is 14.3. The van der Waals surface area contributed by atoms with E-state index in [1.165, 1.54) is 6.07 Å². The third-order valence-corrected chi connectivity index (χ3v) is 4.07. The van der Waals surface area contributed by atoms with Crippen molar-refractivity contribution in [1.82, 2.24) is 4.90 Å². The molecule has 1 aliphatic rings. The molecular formula is C14H17ClFNO2. The van der Waals surface area contributed by atoms with Crippen LogP contribution >= 0.6 is 11.6 Å². The van der Waals surface area contributed by atoms with Crippen LogP contribution in [0.15, 0.2) is 12.1 Å². The molecule has 0 amide bonds.